The van der Waals surface area contributed by atoms with Gasteiger partial charge in [-0.1, -0.05) is 35.9 Å². The quantitative estimate of drug-likeness (QED) is 0.741. The number of piperidine rings is 1. The SMILES string of the molecule is O=C(O)C1CCN(Cc2cccc(NC(=O)C3(c4ccc(Cl)cc4)CC3)c2)CC1. The molecular formula is C23H25ClN2O3. The van der Waals surface area contributed by atoms with Crippen LogP contribution in [0.5, 0.6) is 0 Å². The highest BCUT2D eigenvalue weighted by Crippen LogP contribution is 2.49. The third-order valence-corrected chi connectivity index (χ3v) is 6.36. The molecule has 5 nitrogen and oxygen atoms in total. The van der Waals surface area contributed by atoms with Gasteiger partial charge in [0.1, 0.15) is 0 Å². The summed E-state index contributed by atoms with van der Waals surface area (Å²) in [4.78, 5) is 26.4. The van der Waals surface area contributed by atoms with Crippen LogP contribution in [-0.4, -0.2) is 35.0 Å². The lowest BCUT2D eigenvalue weighted by Crippen LogP contribution is -2.35. The van der Waals surface area contributed by atoms with Crippen molar-refractivity contribution < 1.29 is 14.7 Å². The predicted molar refractivity (Wildman–Crippen MR) is 113 cm³/mol. The van der Waals surface area contributed by atoms with Gasteiger partial charge in [0.25, 0.3) is 0 Å². The van der Waals surface area contributed by atoms with Crippen molar-refractivity contribution >= 4 is 29.2 Å². The second kappa shape index (κ2) is 8.17. The van der Waals surface area contributed by atoms with Crippen molar-refractivity contribution in [2.45, 2.75) is 37.6 Å². The summed E-state index contributed by atoms with van der Waals surface area (Å²) in [5.41, 5.74) is 2.48. The van der Waals surface area contributed by atoms with Crippen LogP contribution in [-0.2, 0) is 21.5 Å². The van der Waals surface area contributed by atoms with Gasteiger partial charge in [-0.3, -0.25) is 14.5 Å². The zero-order chi connectivity index (χ0) is 20.4. The van der Waals surface area contributed by atoms with E-state index in [0.29, 0.717) is 17.9 Å². The fraction of sp³-hybridized carbons (Fsp3) is 0.391. The molecule has 1 aliphatic carbocycles. The van der Waals surface area contributed by atoms with E-state index in [1.54, 1.807) is 0 Å². The monoisotopic (exact) mass is 412 g/mol. The van der Waals surface area contributed by atoms with Crippen molar-refractivity contribution in [3.8, 4) is 0 Å². The van der Waals surface area contributed by atoms with E-state index in [1.807, 2.05) is 48.5 Å². The Bertz CT molecular complexity index is 901. The number of halogens is 1. The molecule has 0 unspecified atom stereocenters. The van der Waals surface area contributed by atoms with Crippen molar-refractivity contribution in [1.82, 2.24) is 4.90 Å². The molecule has 1 saturated carbocycles. The summed E-state index contributed by atoms with van der Waals surface area (Å²) in [5, 5.41) is 12.9. The van der Waals surface area contributed by atoms with Gasteiger partial charge in [-0.2, -0.15) is 0 Å². The summed E-state index contributed by atoms with van der Waals surface area (Å²) < 4.78 is 0. The number of carboxylic acids is 1. The maximum Gasteiger partial charge on any atom is 0.306 e. The predicted octanol–water partition coefficient (Wildman–Crippen LogP) is 4.31. The standard InChI is InChI=1S/C23H25ClN2O3/c24-19-6-4-18(5-7-19)23(10-11-23)22(29)25-20-3-1-2-16(14-20)15-26-12-8-17(9-13-26)21(27)28/h1-7,14,17H,8-13,15H2,(H,25,29)(H,27,28). The Morgan fingerprint density at radius 3 is 2.41 bits per heavy atom. The number of carboxylic acid groups (broad SMARTS) is 1. The number of aliphatic carboxylic acids is 1. The molecule has 1 aliphatic heterocycles. The van der Waals surface area contributed by atoms with Crippen molar-refractivity contribution in [2.24, 2.45) is 5.92 Å². The molecule has 6 heteroatoms. The van der Waals surface area contributed by atoms with Crippen LogP contribution in [0.15, 0.2) is 48.5 Å². The Morgan fingerprint density at radius 1 is 1.10 bits per heavy atom. The Balaban J connectivity index is 1.38. The van der Waals surface area contributed by atoms with Crippen LogP contribution in [0.3, 0.4) is 0 Å². The average molecular weight is 413 g/mol. The number of likely N-dealkylation sites (tertiary alicyclic amines) is 1. The first-order chi connectivity index (χ1) is 14.0. The zero-order valence-corrected chi connectivity index (χ0v) is 17.0. The lowest BCUT2D eigenvalue weighted by molar-refractivity contribution is -0.143. The molecule has 2 fully saturated rings. The molecule has 0 bridgehead atoms. The van der Waals surface area contributed by atoms with Gasteiger partial charge >= 0.3 is 5.97 Å². The summed E-state index contributed by atoms with van der Waals surface area (Å²) >= 11 is 5.98. The Hall–Kier alpha value is -2.37. The lowest BCUT2D eigenvalue weighted by Gasteiger charge is -2.30. The van der Waals surface area contributed by atoms with Gasteiger partial charge in [-0.25, -0.2) is 0 Å². The maximum absolute atomic E-state index is 13.0. The van der Waals surface area contributed by atoms with Gasteiger partial charge in [0.15, 0.2) is 0 Å². The number of nitrogens with zero attached hydrogens (tertiary/aromatic N) is 1. The average Bonchev–Trinajstić information content (AvgIpc) is 3.51. The van der Waals surface area contributed by atoms with Crippen LogP contribution in [0.1, 0.15) is 36.8 Å². The molecule has 4 rings (SSSR count). The highest BCUT2D eigenvalue weighted by molar-refractivity contribution is 6.30. The third-order valence-electron chi connectivity index (χ3n) is 6.11. The molecular weight excluding hydrogens is 388 g/mol. The van der Waals surface area contributed by atoms with E-state index in [1.165, 1.54) is 0 Å². The van der Waals surface area contributed by atoms with E-state index in [0.717, 1.165) is 49.3 Å². The zero-order valence-electron chi connectivity index (χ0n) is 16.2. The molecule has 29 heavy (non-hydrogen) atoms. The van der Waals surface area contributed by atoms with Gasteiger partial charge in [-0.05, 0) is 74.2 Å². The molecule has 1 saturated heterocycles. The number of amides is 1. The molecule has 2 aromatic rings. The number of carbonyl (C=O) groups excluding carboxylic acids is 1. The van der Waals surface area contributed by atoms with Gasteiger partial charge in [-0.15, -0.1) is 0 Å². The van der Waals surface area contributed by atoms with Crippen molar-refractivity contribution in [3.63, 3.8) is 0 Å². The summed E-state index contributed by atoms with van der Waals surface area (Å²) in [7, 11) is 0. The number of benzene rings is 2. The molecule has 1 amide bonds. The van der Waals surface area contributed by atoms with Crippen LogP contribution in [0.25, 0.3) is 0 Å². The Labute approximate surface area is 175 Å². The lowest BCUT2D eigenvalue weighted by atomic mass is 9.95. The number of carbonyl (C=O) groups is 2. The number of hydrogen-bond donors (Lipinski definition) is 2. The molecule has 0 atom stereocenters. The summed E-state index contributed by atoms with van der Waals surface area (Å²) in [6.07, 6.45) is 3.07. The summed E-state index contributed by atoms with van der Waals surface area (Å²) in [5.74, 6) is -0.886. The fourth-order valence-corrected chi connectivity index (χ4v) is 4.26. The van der Waals surface area contributed by atoms with Crippen molar-refractivity contribution in [1.29, 1.82) is 0 Å². The third kappa shape index (κ3) is 4.46. The largest absolute Gasteiger partial charge is 0.481 e. The maximum atomic E-state index is 13.0. The minimum absolute atomic E-state index is 0.0271. The van der Waals surface area contributed by atoms with Gasteiger partial charge in [0.2, 0.25) is 5.91 Å². The van der Waals surface area contributed by atoms with Crippen LogP contribution < -0.4 is 5.32 Å². The van der Waals surface area contributed by atoms with Crippen LogP contribution >= 0.6 is 11.6 Å². The highest BCUT2D eigenvalue weighted by atomic mass is 35.5. The molecule has 0 spiro atoms. The smallest absolute Gasteiger partial charge is 0.306 e. The van der Waals surface area contributed by atoms with Gasteiger partial charge < -0.3 is 10.4 Å². The minimum atomic E-state index is -0.691. The van der Waals surface area contributed by atoms with Crippen molar-refractivity contribution in [3.05, 3.63) is 64.7 Å². The summed E-state index contributed by atoms with van der Waals surface area (Å²) in [6.45, 7) is 2.33. The molecule has 0 radical (unpaired) electrons. The van der Waals surface area contributed by atoms with Crippen LogP contribution in [0.2, 0.25) is 5.02 Å². The van der Waals surface area contributed by atoms with E-state index in [9.17, 15) is 9.59 Å². The van der Waals surface area contributed by atoms with E-state index >= 15 is 0 Å². The molecule has 0 aromatic heterocycles. The number of hydrogen-bond acceptors (Lipinski definition) is 3. The van der Waals surface area contributed by atoms with E-state index in [4.69, 9.17) is 16.7 Å². The molecule has 152 valence electrons. The number of anilines is 1. The normalized spacial score (nSPS) is 18.9. The first-order valence-electron chi connectivity index (χ1n) is 10.1. The van der Waals surface area contributed by atoms with E-state index in [-0.39, 0.29) is 11.8 Å². The minimum Gasteiger partial charge on any atom is -0.481 e. The van der Waals surface area contributed by atoms with Gasteiger partial charge in [0.05, 0.1) is 11.3 Å². The van der Waals surface area contributed by atoms with Gasteiger partial charge in [0, 0.05) is 17.3 Å². The number of nitrogens with one attached hydrogen (secondary N) is 1. The molecule has 1 heterocycles. The topological polar surface area (TPSA) is 69.6 Å². The van der Waals surface area contributed by atoms with Crippen LogP contribution in [0, 0.1) is 5.92 Å². The van der Waals surface area contributed by atoms with Crippen LogP contribution in [0.4, 0.5) is 5.69 Å². The molecule has 2 aliphatic rings. The van der Waals surface area contributed by atoms with E-state index < -0.39 is 11.4 Å². The van der Waals surface area contributed by atoms with Crippen molar-refractivity contribution in [2.75, 3.05) is 18.4 Å². The Kier molecular flexibility index (Phi) is 5.61. The second-order valence-electron chi connectivity index (χ2n) is 8.13. The fourth-order valence-electron chi connectivity index (χ4n) is 4.14. The first-order valence-corrected chi connectivity index (χ1v) is 10.5. The Morgan fingerprint density at radius 2 is 1.79 bits per heavy atom. The highest BCUT2D eigenvalue weighted by Gasteiger charge is 2.51. The first kappa shape index (κ1) is 19.9. The van der Waals surface area contributed by atoms with E-state index in [2.05, 4.69) is 10.2 Å². The summed E-state index contributed by atoms with van der Waals surface area (Å²) in [6, 6.07) is 15.5. The molecule has 2 aromatic carbocycles. The second-order valence-corrected chi connectivity index (χ2v) is 8.57. The molecule has 2 N–H and O–H groups in total. The number of rotatable bonds is 6.